The van der Waals surface area contributed by atoms with Crippen LogP contribution in [0.5, 0.6) is 11.5 Å². The summed E-state index contributed by atoms with van der Waals surface area (Å²) in [4.78, 5) is 10.4. The quantitative estimate of drug-likeness (QED) is 0.621. The zero-order valence-electron chi connectivity index (χ0n) is 8.90. The van der Waals surface area contributed by atoms with Gasteiger partial charge in [0.05, 0.1) is 6.42 Å². The van der Waals surface area contributed by atoms with E-state index in [0.29, 0.717) is 6.07 Å². The third kappa shape index (κ3) is 2.83. The molecule has 0 amide bonds. The summed E-state index contributed by atoms with van der Waals surface area (Å²) >= 11 is 0. The molecule has 0 spiro atoms. The average molecular weight is 265 g/mol. The van der Waals surface area contributed by atoms with Gasteiger partial charge in [-0.15, -0.1) is 0 Å². The van der Waals surface area contributed by atoms with E-state index in [1.165, 1.54) is 0 Å². The Balaban J connectivity index is 3.20. The van der Waals surface area contributed by atoms with E-state index in [2.05, 4.69) is 0 Å². The summed E-state index contributed by atoms with van der Waals surface area (Å²) in [5.74, 6) is -3.69. The number of phenols is 2. The van der Waals surface area contributed by atoms with E-state index in [1.807, 2.05) is 0 Å². The number of aromatic hydroxyl groups is 2. The van der Waals surface area contributed by atoms with E-state index < -0.39 is 41.7 Å². The van der Waals surface area contributed by atoms with Crippen molar-refractivity contribution in [1.82, 2.24) is 0 Å². The zero-order chi connectivity index (χ0) is 14.1. The van der Waals surface area contributed by atoms with Crippen molar-refractivity contribution in [2.45, 2.75) is 18.6 Å². The van der Waals surface area contributed by atoms with Crippen LogP contribution in [0.15, 0.2) is 12.1 Å². The average Bonchev–Trinajstić information content (AvgIpc) is 2.18. The molecule has 8 heteroatoms. The van der Waals surface area contributed by atoms with Crippen LogP contribution in [0.4, 0.5) is 13.2 Å². The van der Waals surface area contributed by atoms with Crippen molar-refractivity contribution < 1.29 is 33.3 Å². The fourth-order valence-electron chi connectivity index (χ4n) is 1.42. The maximum absolute atomic E-state index is 12.4. The van der Waals surface area contributed by atoms with Gasteiger partial charge in [-0.2, -0.15) is 13.2 Å². The van der Waals surface area contributed by atoms with Crippen molar-refractivity contribution in [3.05, 3.63) is 23.3 Å². The molecule has 1 unspecified atom stereocenters. The molecule has 0 radical (unpaired) electrons. The molecule has 1 rings (SSSR count). The number of phenolic OH excluding ortho intramolecular Hbond substituents is 2. The maximum atomic E-state index is 12.4. The van der Waals surface area contributed by atoms with Gasteiger partial charge in [0.2, 0.25) is 0 Å². The number of halogens is 3. The molecule has 0 heterocycles. The lowest BCUT2D eigenvalue weighted by Crippen LogP contribution is -2.16. The second kappa shape index (κ2) is 4.73. The molecule has 0 aliphatic heterocycles. The Morgan fingerprint density at radius 2 is 1.83 bits per heavy atom. The number of carboxylic acid groups (broad SMARTS) is 1. The van der Waals surface area contributed by atoms with E-state index in [4.69, 9.17) is 10.8 Å². The third-order valence-corrected chi connectivity index (χ3v) is 2.28. The number of hydrogen-bond donors (Lipinski definition) is 4. The largest absolute Gasteiger partial charge is 0.504 e. The van der Waals surface area contributed by atoms with Crippen LogP contribution in [0.3, 0.4) is 0 Å². The van der Waals surface area contributed by atoms with Crippen LogP contribution in [-0.4, -0.2) is 21.3 Å². The van der Waals surface area contributed by atoms with Gasteiger partial charge in [-0.1, -0.05) is 6.07 Å². The Morgan fingerprint density at radius 1 is 1.28 bits per heavy atom. The zero-order valence-corrected chi connectivity index (χ0v) is 8.90. The smallest absolute Gasteiger partial charge is 0.420 e. The third-order valence-electron chi connectivity index (χ3n) is 2.28. The van der Waals surface area contributed by atoms with Crippen LogP contribution >= 0.6 is 0 Å². The molecular weight excluding hydrogens is 255 g/mol. The summed E-state index contributed by atoms with van der Waals surface area (Å²) in [6, 6.07) is 0.160. The first-order chi connectivity index (χ1) is 8.14. The summed E-state index contributed by atoms with van der Waals surface area (Å²) in [7, 11) is 0. The molecule has 5 N–H and O–H groups in total. The molecule has 0 fully saturated rings. The number of carbonyl (C=O) groups is 1. The number of hydrogen-bond acceptors (Lipinski definition) is 4. The number of benzene rings is 1. The Bertz CT molecular complexity index is 473. The Hall–Kier alpha value is -1.96. The molecule has 0 aliphatic rings. The summed E-state index contributed by atoms with van der Waals surface area (Å²) in [6.45, 7) is 0. The Morgan fingerprint density at radius 3 is 2.28 bits per heavy atom. The van der Waals surface area contributed by atoms with Crippen LogP contribution in [-0.2, 0) is 11.0 Å². The molecule has 0 saturated heterocycles. The molecular formula is C10H10F3NO4. The molecule has 0 saturated carbocycles. The first kappa shape index (κ1) is 14.1. The highest BCUT2D eigenvalue weighted by atomic mass is 19.4. The van der Waals surface area contributed by atoms with Crippen molar-refractivity contribution in [2.75, 3.05) is 0 Å². The summed E-state index contributed by atoms with van der Waals surface area (Å²) in [6.07, 6.45) is -5.41. The van der Waals surface area contributed by atoms with E-state index in [0.717, 1.165) is 6.07 Å². The minimum Gasteiger partial charge on any atom is -0.504 e. The van der Waals surface area contributed by atoms with Crippen molar-refractivity contribution in [2.24, 2.45) is 5.73 Å². The van der Waals surface area contributed by atoms with Gasteiger partial charge in [0, 0.05) is 11.6 Å². The first-order valence-electron chi connectivity index (χ1n) is 4.74. The van der Waals surface area contributed by atoms with E-state index >= 15 is 0 Å². The van der Waals surface area contributed by atoms with Gasteiger partial charge in [-0.25, -0.2) is 0 Å². The SMILES string of the molecule is NC(CC(=O)O)c1ccc(C(F)(F)F)c(O)c1O. The van der Waals surface area contributed by atoms with E-state index in [1.54, 1.807) is 0 Å². The van der Waals surface area contributed by atoms with E-state index in [-0.39, 0.29) is 5.56 Å². The van der Waals surface area contributed by atoms with E-state index in [9.17, 15) is 28.2 Å². The lowest BCUT2D eigenvalue weighted by molar-refractivity contribution is -0.139. The minimum absolute atomic E-state index is 0.261. The van der Waals surface area contributed by atoms with Gasteiger partial charge in [0.1, 0.15) is 5.56 Å². The fraction of sp³-hybridized carbons (Fsp3) is 0.300. The van der Waals surface area contributed by atoms with Crippen LogP contribution in [0.1, 0.15) is 23.6 Å². The number of alkyl halides is 3. The van der Waals surface area contributed by atoms with Gasteiger partial charge in [0.25, 0.3) is 0 Å². The predicted molar refractivity (Wildman–Crippen MR) is 54.0 cm³/mol. The maximum Gasteiger partial charge on any atom is 0.420 e. The van der Waals surface area contributed by atoms with Crippen LogP contribution < -0.4 is 5.73 Å². The highest BCUT2D eigenvalue weighted by Crippen LogP contribution is 2.43. The first-order valence-corrected chi connectivity index (χ1v) is 4.74. The summed E-state index contributed by atoms with van der Waals surface area (Å²) in [5, 5.41) is 27.1. The molecule has 1 aromatic rings. The highest BCUT2D eigenvalue weighted by molar-refractivity contribution is 5.68. The molecule has 0 bridgehead atoms. The van der Waals surface area contributed by atoms with Gasteiger partial charge in [-0.05, 0) is 6.07 Å². The van der Waals surface area contributed by atoms with Gasteiger partial charge >= 0.3 is 12.1 Å². The van der Waals surface area contributed by atoms with Crippen molar-refractivity contribution >= 4 is 5.97 Å². The van der Waals surface area contributed by atoms with Crippen molar-refractivity contribution in [3.8, 4) is 11.5 Å². The second-order valence-electron chi connectivity index (χ2n) is 3.60. The molecule has 0 aromatic heterocycles. The molecule has 5 nitrogen and oxygen atoms in total. The molecule has 1 atom stereocenters. The number of aliphatic carboxylic acids is 1. The Labute approximate surface area is 99.3 Å². The molecule has 1 aromatic carbocycles. The van der Waals surface area contributed by atoms with Gasteiger partial charge in [0.15, 0.2) is 11.5 Å². The van der Waals surface area contributed by atoms with Crippen molar-refractivity contribution in [3.63, 3.8) is 0 Å². The Kier molecular flexibility index (Phi) is 3.70. The van der Waals surface area contributed by atoms with Crippen LogP contribution in [0, 0.1) is 0 Å². The molecule has 0 aliphatic carbocycles. The number of rotatable bonds is 3. The van der Waals surface area contributed by atoms with Crippen LogP contribution in [0.2, 0.25) is 0 Å². The monoisotopic (exact) mass is 265 g/mol. The molecule has 100 valence electrons. The lowest BCUT2D eigenvalue weighted by atomic mass is 10.0. The summed E-state index contributed by atoms with van der Waals surface area (Å²) < 4.78 is 37.1. The lowest BCUT2D eigenvalue weighted by Gasteiger charge is -2.16. The van der Waals surface area contributed by atoms with Gasteiger partial charge in [-0.3, -0.25) is 4.79 Å². The van der Waals surface area contributed by atoms with Crippen LogP contribution in [0.25, 0.3) is 0 Å². The fourth-order valence-corrected chi connectivity index (χ4v) is 1.42. The molecule has 18 heavy (non-hydrogen) atoms. The number of nitrogens with two attached hydrogens (primary N) is 1. The topological polar surface area (TPSA) is 104 Å². The standard InChI is InChI=1S/C10H10F3NO4/c11-10(12,13)5-2-1-4(8(17)9(5)18)6(14)3-7(15)16/h1-2,6,17-18H,3,14H2,(H,15,16). The predicted octanol–water partition coefficient (Wildman–Crippen LogP) is 1.59. The summed E-state index contributed by atoms with van der Waals surface area (Å²) in [5.41, 5.74) is 3.72. The second-order valence-corrected chi connectivity index (χ2v) is 3.60. The highest BCUT2D eigenvalue weighted by Gasteiger charge is 2.36. The van der Waals surface area contributed by atoms with Gasteiger partial charge < -0.3 is 21.1 Å². The van der Waals surface area contributed by atoms with Crippen molar-refractivity contribution in [1.29, 1.82) is 0 Å². The minimum atomic E-state index is -4.82. The number of carboxylic acids is 1. The normalized spacial score (nSPS) is 13.3.